The number of anilines is 1. The Kier molecular flexibility index (Phi) is 7.12. The van der Waals surface area contributed by atoms with E-state index in [4.69, 9.17) is 0 Å². The highest BCUT2D eigenvalue weighted by Gasteiger charge is 2.18. The molecule has 1 aliphatic heterocycles. The number of aromatic nitrogens is 3. The molecule has 1 atom stereocenters. The van der Waals surface area contributed by atoms with E-state index in [1.807, 2.05) is 28.4 Å². The van der Waals surface area contributed by atoms with E-state index in [0.29, 0.717) is 16.9 Å². The fourth-order valence-corrected chi connectivity index (χ4v) is 4.23. The molecule has 4 rings (SSSR count). The molecule has 3 aromatic rings. The molecule has 3 heterocycles. The maximum Gasteiger partial charge on any atom is 0.277 e. The smallest absolute Gasteiger partial charge is 0.277 e. The first-order valence-corrected chi connectivity index (χ1v) is 11.0. The van der Waals surface area contributed by atoms with Crippen molar-refractivity contribution in [2.45, 2.75) is 23.8 Å². The predicted molar refractivity (Wildman–Crippen MR) is 118 cm³/mol. The van der Waals surface area contributed by atoms with Crippen LogP contribution in [0.1, 0.15) is 29.4 Å². The molecular formula is C19H22ClN5OS2. The van der Waals surface area contributed by atoms with Crippen molar-refractivity contribution in [2.75, 3.05) is 24.7 Å². The van der Waals surface area contributed by atoms with Crippen molar-refractivity contribution >= 4 is 46.5 Å². The summed E-state index contributed by atoms with van der Waals surface area (Å²) in [6.07, 6.45) is 6.15. The molecule has 1 aromatic carbocycles. The van der Waals surface area contributed by atoms with Gasteiger partial charge < -0.3 is 5.32 Å². The summed E-state index contributed by atoms with van der Waals surface area (Å²) in [4.78, 5) is 18.2. The molecule has 1 amide bonds. The van der Waals surface area contributed by atoms with Gasteiger partial charge in [-0.2, -0.15) is 5.10 Å². The van der Waals surface area contributed by atoms with E-state index in [1.165, 1.54) is 16.2 Å². The molecule has 6 nitrogen and oxygen atoms in total. The van der Waals surface area contributed by atoms with E-state index >= 15 is 0 Å². The Labute approximate surface area is 178 Å². The van der Waals surface area contributed by atoms with Crippen LogP contribution in [-0.2, 0) is 0 Å². The Morgan fingerprint density at radius 3 is 2.86 bits per heavy atom. The number of nitrogens with one attached hydrogen (secondary N) is 2. The van der Waals surface area contributed by atoms with Gasteiger partial charge in [-0.05, 0) is 43.8 Å². The first kappa shape index (κ1) is 20.9. The van der Waals surface area contributed by atoms with Crippen LogP contribution >= 0.6 is 35.5 Å². The Morgan fingerprint density at radius 2 is 2.14 bits per heavy atom. The average Bonchev–Trinajstić information content (AvgIpc) is 3.39. The molecule has 0 aliphatic carbocycles. The van der Waals surface area contributed by atoms with Crippen LogP contribution in [0.25, 0.3) is 11.3 Å². The Hall–Kier alpha value is -1.87. The molecule has 0 radical (unpaired) electrons. The van der Waals surface area contributed by atoms with E-state index in [1.54, 1.807) is 17.8 Å². The standard InChI is InChI=1S/C19H21N5OS2.ClH/c1-26-15-6-4-13(5-7-15)17-12-27-19(21-17)22-18(25)16-8-10-24(23-16)14-3-2-9-20-11-14;/h4-8,10,12,14,20H,2-3,9,11H2,1H3,(H,21,22,25);1H. The van der Waals surface area contributed by atoms with Gasteiger partial charge in [-0.1, -0.05) is 12.1 Å². The molecule has 0 spiro atoms. The van der Waals surface area contributed by atoms with Crippen LogP contribution < -0.4 is 10.6 Å². The van der Waals surface area contributed by atoms with Crippen LogP contribution in [0.5, 0.6) is 0 Å². The lowest BCUT2D eigenvalue weighted by molar-refractivity contribution is 0.102. The second-order valence-corrected chi connectivity index (χ2v) is 8.14. The van der Waals surface area contributed by atoms with Crippen molar-refractivity contribution in [1.82, 2.24) is 20.1 Å². The third-order valence-electron chi connectivity index (χ3n) is 4.60. The van der Waals surface area contributed by atoms with Gasteiger partial charge in [-0.25, -0.2) is 4.98 Å². The van der Waals surface area contributed by atoms with Crippen molar-refractivity contribution in [3.8, 4) is 11.3 Å². The number of hydrogen-bond donors (Lipinski definition) is 2. The second-order valence-electron chi connectivity index (χ2n) is 6.40. The molecule has 0 bridgehead atoms. The molecule has 2 aromatic heterocycles. The summed E-state index contributed by atoms with van der Waals surface area (Å²) in [5.74, 6) is -0.226. The zero-order chi connectivity index (χ0) is 18.6. The molecule has 28 heavy (non-hydrogen) atoms. The van der Waals surface area contributed by atoms with Crippen molar-refractivity contribution < 1.29 is 4.79 Å². The van der Waals surface area contributed by atoms with E-state index < -0.39 is 0 Å². The quantitative estimate of drug-likeness (QED) is 0.583. The summed E-state index contributed by atoms with van der Waals surface area (Å²) >= 11 is 3.13. The Balaban J connectivity index is 0.00000225. The first-order valence-electron chi connectivity index (χ1n) is 8.90. The summed E-state index contributed by atoms with van der Waals surface area (Å²) in [5.41, 5.74) is 2.32. The number of amides is 1. The van der Waals surface area contributed by atoms with Crippen LogP contribution in [0.2, 0.25) is 0 Å². The zero-order valence-electron chi connectivity index (χ0n) is 15.4. The van der Waals surface area contributed by atoms with E-state index in [0.717, 1.165) is 37.2 Å². The van der Waals surface area contributed by atoms with Gasteiger partial charge in [-0.3, -0.25) is 14.8 Å². The number of benzene rings is 1. The molecule has 148 valence electrons. The molecular weight excluding hydrogens is 414 g/mol. The van der Waals surface area contributed by atoms with Gasteiger partial charge in [0.15, 0.2) is 10.8 Å². The highest BCUT2D eigenvalue weighted by Crippen LogP contribution is 2.27. The SMILES string of the molecule is CSc1ccc(-c2csc(NC(=O)c3ccn(C4CCCNC4)n3)n2)cc1.Cl. The molecule has 1 saturated heterocycles. The summed E-state index contributed by atoms with van der Waals surface area (Å²) in [5, 5.41) is 13.2. The van der Waals surface area contributed by atoms with E-state index in [-0.39, 0.29) is 18.3 Å². The third-order valence-corrected chi connectivity index (χ3v) is 6.10. The normalized spacial score (nSPS) is 16.4. The Bertz CT molecular complexity index is 919. The number of thiazole rings is 1. The van der Waals surface area contributed by atoms with Crippen molar-refractivity contribution in [1.29, 1.82) is 0 Å². The number of hydrogen-bond acceptors (Lipinski definition) is 6. The van der Waals surface area contributed by atoms with Gasteiger partial charge in [0, 0.05) is 28.6 Å². The highest BCUT2D eigenvalue weighted by molar-refractivity contribution is 7.98. The highest BCUT2D eigenvalue weighted by atomic mass is 35.5. The van der Waals surface area contributed by atoms with Gasteiger partial charge >= 0.3 is 0 Å². The predicted octanol–water partition coefficient (Wildman–Crippen LogP) is 4.33. The summed E-state index contributed by atoms with van der Waals surface area (Å²) in [7, 11) is 0. The number of halogens is 1. The average molecular weight is 436 g/mol. The minimum atomic E-state index is -0.226. The molecule has 1 unspecified atom stereocenters. The third kappa shape index (κ3) is 4.75. The van der Waals surface area contributed by atoms with E-state index in [2.05, 4.69) is 39.1 Å². The van der Waals surface area contributed by atoms with Crippen molar-refractivity contribution in [2.24, 2.45) is 0 Å². The lowest BCUT2D eigenvalue weighted by Crippen LogP contribution is -2.32. The lowest BCUT2D eigenvalue weighted by Gasteiger charge is -2.22. The van der Waals surface area contributed by atoms with Gasteiger partial charge in [0.25, 0.3) is 5.91 Å². The number of carbonyl (C=O) groups excluding carboxylic acids is 1. The van der Waals surface area contributed by atoms with Crippen LogP contribution in [0.15, 0.2) is 46.8 Å². The summed E-state index contributed by atoms with van der Waals surface area (Å²) in [6, 6.07) is 10.3. The minimum absolute atomic E-state index is 0. The summed E-state index contributed by atoms with van der Waals surface area (Å²) in [6.45, 7) is 1.95. The zero-order valence-corrected chi connectivity index (χ0v) is 17.9. The molecule has 1 aliphatic rings. The second kappa shape index (κ2) is 9.56. The molecule has 0 saturated carbocycles. The number of nitrogens with zero attached hydrogens (tertiary/aromatic N) is 3. The maximum atomic E-state index is 12.5. The minimum Gasteiger partial charge on any atom is -0.315 e. The van der Waals surface area contributed by atoms with Gasteiger partial charge in [0.05, 0.1) is 11.7 Å². The van der Waals surface area contributed by atoms with Crippen LogP contribution in [-0.4, -0.2) is 40.0 Å². The van der Waals surface area contributed by atoms with Gasteiger partial charge in [0.2, 0.25) is 0 Å². The fraction of sp³-hybridized carbons (Fsp3) is 0.316. The van der Waals surface area contributed by atoms with Crippen molar-refractivity contribution in [3.05, 3.63) is 47.6 Å². The Morgan fingerprint density at radius 1 is 1.32 bits per heavy atom. The lowest BCUT2D eigenvalue weighted by atomic mass is 10.1. The number of carbonyl (C=O) groups is 1. The largest absolute Gasteiger partial charge is 0.315 e. The number of thioether (sulfide) groups is 1. The van der Waals surface area contributed by atoms with Crippen molar-refractivity contribution in [3.63, 3.8) is 0 Å². The van der Waals surface area contributed by atoms with Crippen LogP contribution in [0, 0.1) is 0 Å². The first-order chi connectivity index (χ1) is 13.2. The molecule has 1 fully saturated rings. The summed E-state index contributed by atoms with van der Waals surface area (Å²) < 4.78 is 1.89. The van der Waals surface area contributed by atoms with E-state index in [9.17, 15) is 4.79 Å². The fourth-order valence-electron chi connectivity index (χ4n) is 3.11. The van der Waals surface area contributed by atoms with Gasteiger partial charge in [-0.15, -0.1) is 35.5 Å². The molecule has 9 heteroatoms. The number of piperidine rings is 1. The maximum absolute atomic E-state index is 12.5. The van der Waals surface area contributed by atoms with Crippen LogP contribution in [0.3, 0.4) is 0 Å². The van der Waals surface area contributed by atoms with Gasteiger partial charge in [0.1, 0.15) is 0 Å². The monoisotopic (exact) mass is 435 g/mol. The number of rotatable bonds is 5. The van der Waals surface area contributed by atoms with Crippen LogP contribution in [0.4, 0.5) is 5.13 Å². The topological polar surface area (TPSA) is 71.8 Å². The molecule has 2 N–H and O–H groups in total.